The molecule has 0 aliphatic rings. The van der Waals surface area contributed by atoms with Crippen LogP contribution in [0.15, 0.2) is 36.5 Å². The highest BCUT2D eigenvalue weighted by Gasteiger charge is 2.06. The minimum Gasteiger partial charge on any atom is -0.496 e. The average Bonchev–Trinajstić information content (AvgIpc) is 2.57. The van der Waals surface area contributed by atoms with E-state index in [1.807, 2.05) is 24.3 Å². The number of ether oxygens (including phenoxy) is 1. The SMILES string of the molecule is CCN(CC)c1ccnc(NCCc2ccccc2OC)n1. The summed E-state index contributed by atoms with van der Waals surface area (Å²) in [5, 5.41) is 3.28. The molecule has 0 radical (unpaired) electrons. The molecule has 118 valence electrons. The number of para-hydroxylation sites is 1. The maximum atomic E-state index is 5.36. The van der Waals surface area contributed by atoms with Gasteiger partial charge in [-0.15, -0.1) is 0 Å². The maximum absolute atomic E-state index is 5.36. The van der Waals surface area contributed by atoms with Crippen molar-refractivity contribution in [1.82, 2.24) is 9.97 Å². The van der Waals surface area contributed by atoms with Crippen LogP contribution in [0.2, 0.25) is 0 Å². The Hall–Kier alpha value is -2.30. The summed E-state index contributed by atoms with van der Waals surface area (Å²) in [6.07, 6.45) is 2.66. The molecule has 0 unspecified atom stereocenters. The molecule has 0 atom stereocenters. The summed E-state index contributed by atoms with van der Waals surface area (Å²) in [4.78, 5) is 11.0. The largest absolute Gasteiger partial charge is 0.496 e. The second kappa shape index (κ2) is 8.22. The van der Waals surface area contributed by atoms with Gasteiger partial charge in [0.1, 0.15) is 11.6 Å². The Labute approximate surface area is 132 Å². The first-order valence-corrected chi connectivity index (χ1v) is 7.72. The van der Waals surface area contributed by atoms with E-state index >= 15 is 0 Å². The zero-order valence-electron chi connectivity index (χ0n) is 13.5. The molecule has 1 aromatic carbocycles. The number of rotatable bonds is 8. The molecule has 0 aliphatic heterocycles. The lowest BCUT2D eigenvalue weighted by Gasteiger charge is -2.19. The minimum absolute atomic E-state index is 0.666. The Morgan fingerprint density at radius 3 is 2.64 bits per heavy atom. The summed E-state index contributed by atoms with van der Waals surface area (Å²) < 4.78 is 5.36. The third-order valence-electron chi connectivity index (χ3n) is 3.60. The van der Waals surface area contributed by atoms with Gasteiger partial charge in [0.15, 0.2) is 0 Å². The van der Waals surface area contributed by atoms with Gasteiger partial charge in [0.25, 0.3) is 0 Å². The molecular formula is C17H24N4O. The predicted octanol–water partition coefficient (Wildman–Crippen LogP) is 2.99. The van der Waals surface area contributed by atoms with Crippen molar-refractivity contribution in [3.63, 3.8) is 0 Å². The summed E-state index contributed by atoms with van der Waals surface area (Å²) in [5.41, 5.74) is 1.18. The minimum atomic E-state index is 0.666. The first kappa shape index (κ1) is 16.1. The van der Waals surface area contributed by atoms with Gasteiger partial charge < -0.3 is 15.0 Å². The van der Waals surface area contributed by atoms with Crippen LogP contribution < -0.4 is 15.0 Å². The molecule has 0 amide bonds. The van der Waals surface area contributed by atoms with Crippen LogP contribution in [0.25, 0.3) is 0 Å². The standard InChI is InChI=1S/C17H24N4O/c1-4-21(5-2)16-11-13-19-17(20-16)18-12-10-14-8-6-7-9-15(14)22-3/h6-9,11,13H,4-5,10,12H2,1-3H3,(H,18,19,20). The quantitative estimate of drug-likeness (QED) is 0.812. The Balaban J connectivity index is 1.96. The van der Waals surface area contributed by atoms with Crippen LogP contribution >= 0.6 is 0 Å². The molecule has 0 saturated carbocycles. The van der Waals surface area contributed by atoms with Gasteiger partial charge >= 0.3 is 0 Å². The third kappa shape index (κ3) is 4.10. The van der Waals surface area contributed by atoms with Gasteiger partial charge in [0.05, 0.1) is 7.11 Å². The van der Waals surface area contributed by atoms with Crippen LogP contribution in [0.4, 0.5) is 11.8 Å². The second-order valence-corrected chi connectivity index (χ2v) is 4.90. The van der Waals surface area contributed by atoms with Crippen molar-refractivity contribution in [2.75, 3.05) is 37.0 Å². The molecule has 0 spiro atoms. The zero-order chi connectivity index (χ0) is 15.8. The lowest BCUT2D eigenvalue weighted by atomic mass is 10.1. The van der Waals surface area contributed by atoms with Gasteiger partial charge in [0.2, 0.25) is 5.95 Å². The van der Waals surface area contributed by atoms with Crippen molar-refractivity contribution in [2.24, 2.45) is 0 Å². The van der Waals surface area contributed by atoms with Crippen LogP contribution in [-0.2, 0) is 6.42 Å². The maximum Gasteiger partial charge on any atom is 0.224 e. The van der Waals surface area contributed by atoms with Crippen LogP contribution in [0.3, 0.4) is 0 Å². The molecule has 5 nitrogen and oxygen atoms in total. The number of nitrogens with one attached hydrogen (secondary N) is 1. The van der Waals surface area contributed by atoms with Crippen LogP contribution in [0.5, 0.6) is 5.75 Å². The van der Waals surface area contributed by atoms with Gasteiger partial charge in [0, 0.05) is 25.8 Å². The van der Waals surface area contributed by atoms with Crippen LogP contribution in [0.1, 0.15) is 19.4 Å². The number of hydrogen-bond donors (Lipinski definition) is 1. The summed E-state index contributed by atoms with van der Waals surface area (Å²) in [5.74, 6) is 2.54. The van der Waals surface area contributed by atoms with Gasteiger partial charge in [-0.1, -0.05) is 18.2 Å². The number of anilines is 2. The van der Waals surface area contributed by atoms with Gasteiger partial charge in [-0.05, 0) is 38.0 Å². The first-order chi connectivity index (χ1) is 10.8. The molecular weight excluding hydrogens is 276 g/mol. The van der Waals surface area contributed by atoms with Crippen LogP contribution in [0, 0.1) is 0 Å². The van der Waals surface area contributed by atoms with Crippen molar-refractivity contribution in [3.05, 3.63) is 42.1 Å². The molecule has 0 aliphatic carbocycles. The molecule has 2 aromatic rings. The summed E-state index contributed by atoms with van der Waals surface area (Å²) in [6, 6.07) is 10.0. The monoisotopic (exact) mass is 300 g/mol. The number of methoxy groups -OCH3 is 1. The Morgan fingerprint density at radius 2 is 1.91 bits per heavy atom. The Kier molecular flexibility index (Phi) is 6.01. The van der Waals surface area contributed by atoms with Gasteiger partial charge in [-0.3, -0.25) is 0 Å². The fourth-order valence-corrected chi connectivity index (χ4v) is 2.38. The molecule has 0 saturated heterocycles. The lowest BCUT2D eigenvalue weighted by molar-refractivity contribution is 0.410. The molecule has 1 aromatic heterocycles. The molecule has 0 bridgehead atoms. The smallest absolute Gasteiger partial charge is 0.224 e. The lowest BCUT2D eigenvalue weighted by Crippen LogP contribution is -2.23. The molecule has 1 N–H and O–H groups in total. The van der Waals surface area contributed by atoms with E-state index < -0.39 is 0 Å². The number of benzene rings is 1. The predicted molar refractivity (Wildman–Crippen MR) is 90.8 cm³/mol. The topological polar surface area (TPSA) is 50.3 Å². The van der Waals surface area contributed by atoms with Crippen molar-refractivity contribution in [1.29, 1.82) is 0 Å². The molecule has 1 heterocycles. The van der Waals surface area contributed by atoms with Gasteiger partial charge in [-0.2, -0.15) is 4.98 Å². The van der Waals surface area contributed by atoms with Gasteiger partial charge in [-0.25, -0.2) is 4.98 Å². The number of aromatic nitrogens is 2. The summed E-state index contributed by atoms with van der Waals surface area (Å²) in [6.45, 7) is 6.89. The second-order valence-electron chi connectivity index (χ2n) is 4.90. The Bertz CT molecular complexity index is 584. The highest BCUT2D eigenvalue weighted by molar-refractivity contribution is 5.42. The normalized spacial score (nSPS) is 10.3. The van der Waals surface area contributed by atoms with E-state index in [9.17, 15) is 0 Å². The summed E-state index contributed by atoms with van der Waals surface area (Å²) >= 11 is 0. The first-order valence-electron chi connectivity index (χ1n) is 7.72. The van der Waals surface area contributed by atoms with Crippen molar-refractivity contribution < 1.29 is 4.74 Å². The highest BCUT2D eigenvalue weighted by atomic mass is 16.5. The van der Waals surface area contributed by atoms with E-state index in [1.165, 1.54) is 5.56 Å². The van der Waals surface area contributed by atoms with E-state index in [2.05, 4.69) is 40.1 Å². The third-order valence-corrected chi connectivity index (χ3v) is 3.60. The van der Waals surface area contributed by atoms with Crippen molar-refractivity contribution in [2.45, 2.75) is 20.3 Å². The number of nitrogens with zero attached hydrogens (tertiary/aromatic N) is 3. The summed E-state index contributed by atoms with van der Waals surface area (Å²) in [7, 11) is 1.70. The van der Waals surface area contributed by atoms with E-state index in [4.69, 9.17) is 4.74 Å². The highest BCUT2D eigenvalue weighted by Crippen LogP contribution is 2.18. The molecule has 22 heavy (non-hydrogen) atoms. The van der Waals surface area contributed by atoms with E-state index in [1.54, 1.807) is 13.3 Å². The van der Waals surface area contributed by atoms with Crippen molar-refractivity contribution in [3.8, 4) is 5.75 Å². The van der Waals surface area contributed by atoms with Crippen LogP contribution in [-0.4, -0.2) is 36.7 Å². The number of hydrogen-bond acceptors (Lipinski definition) is 5. The Morgan fingerprint density at radius 1 is 1.14 bits per heavy atom. The van der Waals surface area contributed by atoms with E-state index in [0.29, 0.717) is 5.95 Å². The molecule has 2 rings (SSSR count). The van der Waals surface area contributed by atoms with E-state index in [0.717, 1.165) is 37.6 Å². The fraction of sp³-hybridized carbons (Fsp3) is 0.412. The fourth-order valence-electron chi connectivity index (χ4n) is 2.38. The molecule has 0 fully saturated rings. The zero-order valence-corrected chi connectivity index (χ0v) is 13.5. The van der Waals surface area contributed by atoms with Crippen molar-refractivity contribution >= 4 is 11.8 Å². The van der Waals surface area contributed by atoms with E-state index in [-0.39, 0.29) is 0 Å². The molecule has 5 heteroatoms. The average molecular weight is 300 g/mol.